The summed E-state index contributed by atoms with van der Waals surface area (Å²) in [5, 5.41) is 4.94. The van der Waals surface area contributed by atoms with E-state index in [1.165, 1.54) is 0 Å². The van der Waals surface area contributed by atoms with Crippen LogP contribution in [0.2, 0.25) is 0 Å². The van der Waals surface area contributed by atoms with Crippen molar-refractivity contribution in [3.63, 3.8) is 0 Å². The lowest BCUT2D eigenvalue weighted by Crippen LogP contribution is -2.49. The molecular formula is C18H21N7O. The second kappa shape index (κ2) is 6.62. The summed E-state index contributed by atoms with van der Waals surface area (Å²) in [6.07, 6.45) is 2.11. The largest absolute Gasteiger partial charge is 0.383 e. The molecule has 1 amide bonds. The molecule has 3 aromatic rings. The van der Waals surface area contributed by atoms with Crippen molar-refractivity contribution in [3.05, 3.63) is 42.1 Å². The first kappa shape index (κ1) is 16.3. The number of rotatable bonds is 3. The fourth-order valence-corrected chi connectivity index (χ4v) is 3.21. The van der Waals surface area contributed by atoms with Crippen LogP contribution in [0.5, 0.6) is 0 Å². The lowest BCUT2D eigenvalue weighted by atomic mass is 10.1. The van der Waals surface area contributed by atoms with Crippen molar-refractivity contribution >= 4 is 28.7 Å². The molecule has 0 radical (unpaired) electrons. The monoisotopic (exact) mass is 351 g/mol. The number of hydrogen-bond acceptors (Lipinski definition) is 6. The number of anilines is 2. The summed E-state index contributed by atoms with van der Waals surface area (Å²) in [5.74, 6) is 1.17. The van der Waals surface area contributed by atoms with Crippen LogP contribution in [0.25, 0.3) is 11.0 Å². The van der Waals surface area contributed by atoms with Gasteiger partial charge in [-0.1, -0.05) is 30.3 Å². The zero-order valence-corrected chi connectivity index (χ0v) is 14.7. The third kappa shape index (κ3) is 3.05. The Hall–Kier alpha value is -3.16. The van der Waals surface area contributed by atoms with Gasteiger partial charge < -0.3 is 15.5 Å². The number of fused-ring (bicyclic) bond motifs is 1. The fourth-order valence-electron chi connectivity index (χ4n) is 3.21. The van der Waals surface area contributed by atoms with E-state index in [-0.39, 0.29) is 5.91 Å². The molecule has 0 bridgehead atoms. The zero-order valence-electron chi connectivity index (χ0n) is 14.7. The third-order valence-electron chi connectivity index (χ3n) is 4.72. The topological polar surface area (TPSA) is 93.2 Å². The molecule has 0 spiro atoms. The minimum absolute atomic E-state index is 0.151. The molecule has 1 saturated heterocycles. The third-order valence-corrected chi connectivity index (χ3v) is 4.72. The van der Waals surface area contributed by atoms with Crippen LogP contribution in [0, 0.1) is 0 Å². The van der Waals surface area contributed by atoms with Gasteiger partial charge in [-0.15, -0.1) is 0 Å². The Labute approximate surface area is 151 Å². The van der Waals surface area contributed by atoms with Crippen LogP contribution >= 0.6 is 0 Å². The fraction of sp³-hybridized carbons (Fsp3) is 0.333. The highest BCUT2D eigenvalue weighted by molar-refractivity contribution is 5.86. The molecule has 1 aliphatic rings. The highest BCUT2D eigenvalue weighted by Crippen LogP contribution is 2.21. The molecule has 8 nitrogen and oxygen atoms in total. The molecule has 2 N–H and O–H groups in total. The van der Waals surface area contributed by atoms with Gasteiger partial charge in [-0.25, -0.2) is 0 Å². The molecular weight excluding hydrogens is 330 g/mol. The van der Waals surface area contributed by atoms with Crippen molar-refractivity contribution in [1.29, 1.82) is 0 Å². The molecule has 2 aromatic heterocycles. The minimum atomic E-state index is 0.151. The van der Waals surface area contributed by atoms with Gasteiger partial charge >= 0.3 is 0 Å². The maximum atomic E-state index is 12.5. The van der Waals surface area contributed by atoms with Crippen LogP contribution in [0.15, 0.2) is 36.5 Å². The standard InChI is InChI=1S/C18H21N7O/c1-23-17-14(12-20-23)16(19)21-18(22-17)25-9-7-24(8-10-25)15(26)11-13-5-3-2-4-6-13/h2-6,12H,7-11H2,1H3,(H2,19,21,22). The van der Waals surface area contributed by atoms with E-state index in [0.717, 1.165) is 16.6 Å². The lowest BCUT2D eigenvalue weighted by Gasteiger charge is -2.34. The van der Waals surface area contributed by atoms with Crippen molar-refractivity contribution in [2.75, 3.05) is 36.8 Å². The Kier molecular flexibility index (Phi) is 4.16. The highest BCUT2D eigenvalue weighted by atomic mass is 16.2. The summed E-state index contributed by atoms with van der Waals surface area (Å²) in [6, 6.07) is 9.83. The van der Waals surface area contributed by atoms with Crippen LogP contribution in [-0.4, -0.2) is 56.7 Å². The normalized spacial score (nSPS) is 14.8. The zero-order chi connectivity index (χ0) is 18.1. The number of nitrogens with two attached hydrogens (primary N) is 1. The highest BCUT2D eigenvalue weighted by Gasteiger charge is 2.23. The van der Waals surface area contributed by atoms with Crippen molar-refractivity contribution in [2.24, 2.45) is 7.05 Å². The van der Waals surface area contributed by atoms with Gasteiger partial charge in [0, 0.05) is 33.2 Å². The van der Waals surface area contributed by atoms with Crippen molar-refractivity contribution in [3.8, 4) is 0 Å². The number of amides is 1. The summed E-state index contributed by atoms with van der Waals surface area (Å²) in [6.45, 7) is 2.67. The van der Waals surface area contributed by atoms with Gasteiger partial charge in [0.2, 0.25) is 11.9 Å². The quantitative estimate of drug-likeness (QED) is 0.751. The molecule has 4 rings (SSSR count). The number of benzene rings is 1. The smallest absolute Gasteiger partial charge is 0.229 e. The Morgan fingerprint density at radius 2 is 1.85 bits per heavy atom. The average Bonchev–Trinajstić information content (AvgIpc) is 3.04. The molecule has 26 heavy (non-hydrogen) atoms. The number of piperazine rings is 1. The summed E-state index contributed by atoms with van der Waals surface area (Å²) >= 11 is 0. The van der Waals surface area contributed by atoms with E-state index in [2.05, 4.69) is 20.0 Å². The first-order valence-corrected chi connectivity index (χ1v) is 8.63. The van der Waals surface area contributed by atoms with Crippen LogP contribution in [-0.2, 0) is 18.3 Å². The first-order valence-electron chi connectivity index (χ1n) is 8.63. The van der Waals surface area contributed by atoms with Gasteiger partial charge in [-0.05, 0) is 5.56 Å². The van der Waals surface area contributed by atoms with Crippen LogP contribution in [0.1, 0.15) is 5.56 Å². The molecule has 8 heteroatoms. The second-order valence-electron chi connectivity index (χ2n) is 6.44. The Morgan fingerprint density at radius 3 is 2.58 bits per heavy atom. The SMILES string of the molecule is Cn1ncc2c(N)nc(N3CCN(C(=O)Cc4ccccc4)CC3)nc21. The van der Waals surface area contributed by atoms with E-state index in [1.807, 2.05) is 42.3 Å². The maximum Gasteiger partial charge on any atom is 0.229 e. The number of aryl methyl sites for hydroxylation is 1. The molecule has 1 aliphatic heterocycles. The minimum Gasteiger partial charge on any atom is -0.383 e. The number of nitrogen functional groups attached to an aromatic ring is 1. The van der Waals surface area contributed by atoms with Crippen LogP contribution < -0.4 is 10.6 Å². The van der Waals surface area contributed by atoms with Gasteiger partial charge in [0.15, 0.2) is 5.65 Å². The average molecular weight is 351 g/mol. The molecule has 3 heterocycles. The van der Waals surface area contributed by atoms with E-state index in [9.17, 15) is 4.79 Å². The number of carbonyl (C=O) groups excluding carboxylic acids is 1. The lowest BCUT2D eigenvalue weighted by molar-refractivity contribution is -0.130. The predicted octanol–water partition coefficient (Wildman–Crippen LogP) is 0.837. The van der Waals surface area contributed by atoms with E-state index < -0.39 is 0 Å². The molecule has 0 saturated carbocycles. The van der Waals surface area contributed by atoms with Crippen LogP contribution in [0.4, 0.5) is 11.8 Å². The van der Waals surface area contributed by atoms with Gasteiger partial charge in [-0.3, -0.25) is 9.48 Å². The van der Waals surface area contributed by atoms with E-state index in [0.29, 0.717) is 44.4 Å². The number of aromatic nitrogens is 4. The summed E-state index contributed by atoms with van der Waals surface area (Å²) in [5.41, 5.74) is 7.80. The first-order chi connectivity index (χ1) is 12.6. The molecule has 134 valence electrons. The number of nitrogens with zero attached hydrogens (tertiary/aromatic N) is 6. The van der Waals surface area contributed by atoms with Crippen molar-refractivity contribution < 1.29 is 4.79 Å². The van der Waals surface area contributed by atoms with Gasteiger partial charge in [0.1, 0.15) is 5.82 Å². The van der Waals surface area contributed by atoms with Crippen molar-refractivity contribution in [1.82, 2.24) is 24.6 Å². The van der Waals surface area contributed by atoms with Crippen molar-refractivity contribution in [2.45, 2.75) is 6.42 Å². The van der Waals surface area contributed by atoms with E-state index in [1.54, 1.807) is 10.9 Å². The van der Waals surface area contributed by atoms with Gasteiger partial charge in [-0.2, -0.15) is 15.1 Å². The van der Waals surface area contributed by atoms with E-state index in [4.69, 9.17) is 5.73 Å². The van der Waals surface area contributed by atoms with Crippen LogP contribution in [0.3, 0.4) is 0 Å². The summed E-state index contributed by atoms with van der Waals surface area (Å²) in [4.78, 5) is 25.5. The Morgan fingerprint density at radius 1 is 1.12 bits per heavy atom. The number of hydrogen-bond donors (Lipinski definition) is 1. The molecule has 1 fully saturated rings. The molecule has 0 aliphatic carbocycles. The van der Waals surface area contributed by atoms with Gasteiger partial charge in [0.05, 0.1) is 18.0 Å². The van der Waals surface area contributed by atoms with E-state index >= 15 is 0 Å². The Bertz CT molecular complexity index is 929. The second-order valence-corrected chi connectivity index (χ2v) is 6.44. The predicted molar refractivity (Wildman–Crippen MR) is 99.7 cm³/mol. The molecule has 1 aromatic carbocycles. The molecule has 0 atom stereocenters. The summed E-state index contributed by atoms with van der Waals surface area (Å²) < 4.78 is 1.69. The molecule has 0 unspecified atom stereocenters. The van der Waals surface area contributed by atoms with Gasteiger partial charge in [0.25, 0.3) is 0 Å². The Balaban J connectivity index is 1.43. The maximum absolute atomic E-state index is 12.5. The number of carbonyl (C=O) groups is 1. The summed E-state index contributed by atoms with van der Waals surface area (Å²) in [7, 11) is 1.83.